The standard InChI is InChI=1S/C13H14F3N7O/c14-13(15,16)9(24)5-20-10-2-12(22-6-21-10)23-11-1-8(18)7(3-17)4-19-11/h1-4,6,9,17,24H,5H2,(H4,18,19,20,21,22,23)/t9-/m1/s1. The molecule has 11 heteroatoms. The van der Waals surface area contributed by atoms with E-state index in [1.807, 2.05) is 0 Å². The summed E-state index contributed by atoms with van der Waals surface area (Å²) in [5.74, 6) is 0.710. The fourth-order valence-electron chi connectivity index (χ4n) is 1.64. The van der Waals surface area contributed by atoms with Gasteiger partial charge in [-0.05, 0) is 0 Å². The fraction of sp³-hybridized carbons (Fsp3) is 0.231. The Bertz CT molecular complexity index is 723. The van der Waals surface area contributed by atoms with Gasteiger partial charge in [0.25, 0.3) is 0 Å². The SMILES string of the molecule is N=Cc1cnc(Nc2cc(NC[C@@H](O)C(F)(F)F)ncn2)cc1N. The van der Waals surface area contributed by atoms with Crippen LogP contribution < -0.4 is 16.4 Å². The number of nitrogens with zero attached hydrogens (tertiary/aromatic N) is 3. The molecule has 24 heavy (non-hydrogen) atoms. The number of hydrogen-bond donors (Lipinski definition) is 5. The Labute approximate surface area is 134 Å². The summed E-state index contributed by atoms with van der Waals surface area (Å²) < 4.78 is 36.7. The highest BCUT2D eigenvalue weighted by Gasteiger charge is 2.37. The van der Waals surface area contributed by atoms with Gasteiger partial charge in [0.1, 0.15) is 23.8 Å². The summed E-state index contributed by atoms with van der Waals surface area (Å²) >= 11 is 0. The minimum Gasteiger partial charge on any atom is -0.398 e. The van der Waals surface area contributed by atoms with Crippen LogP contribution in [0.1, 0.15) is 5.56 Å². The summed E-state index contributed by atoms with van der Waals surface area (Å²) in [7, 11) is 0. The van der Waals surface area contributed by atoms with Crippen molar-refractivity contribution in [2.75, 3.05) is 22.9 Å². The van der Waals surface area contributed by atoms with Crippen molar-refractivity contribution in [3.63, 3.8) is 0 Å². The third-order valence-corrected chi connectivity index (χ3v) is 2.90. The molecule has 2 heterocycles. The Morgan fingerprint density at radius 1 is 1.21 bits per heavy atom. The van der Waals surface area contributed by atoms with Crippen molar-refractivity contribution < 1.29 is 18.3 Å². The first kappa shape index (κ1) is 17.4. The van der Waals surface area contributed by atoms with E-state index < -0.39 is 18.8 Å². The second-order valence-electron chi connectivity index (χ2n) is 4.69. The second kappa shape index (κ2) is 7.08. The summed E-state index contributed by atoms with van der Waals surface area (Å²) in [6, 6.07) is 2.84. The molecular weight excluding hydrogens is 327 g/mol. The predicted molar refractivity (Wildman–Crippen MR) is 82.4 cm³/mol. The Morgan fingerprint density at radius 2 is 1.88 bits per heavy atom. The molecule has 0 saturated heterocycles. The average Bonchev–Trinajstić information content (AvgIpc) is 2.52. The van der Waals surface area contributed by atoms with Gasteiger partial charge in [-0.3, -0.25) is 0 Å². The summed E-state index contributed by atoms with van der Waals surface area (Å²) in [5, 5.41) is 21.3. The largest absolute Gasteiger partial charge is 0.416 e. The molecule has 0 amide bonds. The zero-order valence-electron chi connectivity index (χ0n) is 12.2. The van der Waals surface area contributed by atoms with Crippen LogP contribution in [0.25, 0.3) is 0 Å². The third-order valence-electron chi connectivity index (χ3n) is 2.90. The molecule has 0 saturated carbocycles. The minimum atomic E-state index is -4.71. The van der Waals surface area contributed by atoms with Crippen molar-refractivity contribution in [3.8, 4) is 0 Å². The number of aliphatic hydroxyl groups excluding tert-OH is 1. The van der Waals surface area contributed by atoms with E-state index in [2.05, 4.69) is 25.6 Å². The van der Waals surface area contributed by atoms with Crippen molar-refractivity contribution in [2.24, 2.45) is 0 Å². The van der Waals surface area contributed by atoms with E-state index >= 15 is 0 Å². The van der Waals surface area contributed by atoms with Gasteiger partial charge in [-0.1, -0.05) is 0 Å². The van der Waals surface area contributed by atoms with Gasteiger partial charge < -0.3 is 26.9 Å². The Morgan fingerprint density at radius 3 is 2.50 bits per heavy atom. The fourth-order valence-corrected chi connectivity index (χ4v) is 1.64. The smallest absolute Gasteiger partial charge is 0.398 e. The van der Waals surface area contributed by atoms with Crippen LogP contribution in [0.4, 0.5) is 36.3 Å². The van der Waals surface area contributed by atoms with Crippen LogP contribution in [-0.4, -0.2) is 45.1 Å². The average molecular weight is 341 g/mol. The molecule has 128 valence electrons. The lowest BCUT2D eigenvalue weighted by Gasteiger charge is -2.15. The van der Waals surface area contributed by atoms with Crippen LogP contribution in [0.3, 0.4) is 0 Å². The van der Waals surface area contributed by atoms with Crippen molar-refractivity contribution in [1.29, 1.82) is 5.41 Å². The first-order valence-corrected chi connectivity index (χ1v) is 6.63. The van der Waals surface area contributed by atoms with Crippen molar-refractivity contribution in [1.82, 2.24) is 15.0 Å². The Balaban J connectivity index is 2.05. The van der Waals surface area contributed by atoms with Crippen LogP contribution in [0.5, 0.6) is 0 Å². The number of aromatic nitrogens is 3. The molecule has 0 aliphatic rings. The molecule has 0 aliphatic carbocycles. The zero-order chi connectivity index (χ0) is 17.7. The number of nitrogen functional groups attached to an aromatic ring is 1. The van der Waals surface area contributed by atoms with E-state index in [-0.39, 0.29) is 11.6 Å². The molecule has 8 nitrogen and oxygen atoms in total. The first-order valence-electron chi connectivity index (χ1n) is 6.63. The van der Waals surface area contributed by atoms with Gasteiger partial charge in [-0.2, -0.15) is 13.2 Å². The number of anilines is 4. The lowest BCUT2D eigenvalue weighted by molar-refractivity contribution is -0.198. The number of pyridine rings is 1. The topological polar surface area (TPSA) is 133 Å². The molecule has 2 rings (SSSR count). The van der Waals surface area contributed by atoms with Crippen LogP contribution >= 0.6 is 0 Å². The minimum absolute atomic E-state index is 0.0971. The third kappa shape index (κ3) is 4.52. The first-order chi connectivity index (χ1) is 11.3. The molecular formula is C13H14F3N7O. The van der Waals surface area contributed by atoms with Crippen LogP contribution in [0, 0.1) is 5.41 Å². The summed E-state index contributed by atoms with van der Waals surface area (Å²) in [6.07, 6.45) is -3.62. The van der Waals surface area contributed by atoms with Crippen molar-refractivity contribution >= 4 is 29.4 Å². The lowest BCUT2D eigenvalue weighted by atomic mass is 10.2. The van der Waals surface area contributed by atoms with Gasteiger partial charge >= 0.3 is 6.18 Å². The van der Waals surface area contributed by atoms with E-state index in [9.17, 15) is 13.2 Å². The maximum Gasteiger partial charge on any atom is 0.416 e. The highest BCUT2D eigenvalue weighted by molar-refractivity contribution is 5.85. The van der Waals surface area contributed by atoms with Crippen molar-refractivity contribution in [3.05, 3.63) is 30.2 Å². The maximum absolute atomic E-state index is 12.2. The van der Waals surface area contributed by atoms with Gasteiger partial charge in [0.2, 0.25) is 0 Å². The van der Waals surface area contributed by atoms with Crippen molar-refractivity contribution in [2.45, 2.75) is 12.3 Å². The maximum atomic E-state index is 12.2. The molecule has 6 N–H and O–H groups in total. The number of halogens is 3. The Kier molecular flexibility index (Phi) is 5.14. The molecule has 0 radical (unpaired) electrons. The number of aliphatic hydroxyl groups is 1. The highest BCUT2D eigenvalue weighted by atomic mass is 19.4. The monoisotopic (exact) mass is 341 g/mol. The molecule has 2 aromatic heterocycles. The van der Waals surface area contributed by atoms with E-state index in [0.717, 1.165) is 12.5 Å². The molecule has 0 fully saturated rings. The molecule has 0 unspecified atom stereocenters. The Hall–Kier alpha value is -2.95. The van der Waals surface area contributed by atoms with Gasteiger partial charge in [0.15, 0.2) is 6.10 Å². The zero-order valence-corrected chi connectivity index (χ0v) is 12.2. The molecule has 0 aromatic carbocycles. The quantitative estimate of drug-likeness (QED) is 0.503. The van der Waals surface area contributed by atoms with E-state index in [4.69, 9.17) is 16.2 Å². The molecule has 0 spiro atoms. The molecule has 0 bridgehead atoms. The molecule has 0 aliphatic heterocycles. The van der Waals surface area contributed by atoms with Gasteiger partial charge in [0.05, 0.1) is 6.54 Å². The summed E-state index contributed by atoms with van der Waals surface area (Å²) in [5.41, 5.74) is 6.51. The number of alkyl halides is 3. The normalized spacial score (nSPS) is 12.5. The lowest BCUT2D eigenvalue weighted by Crippen LogP contribution is -2.35. The number of hydrogen-bond acceptors (Lipinski definition) is 8. The summed E-state index contributed by atoms with van der Waals surface area (Å²) in [4.78, 5) is 11.7. The van der Waals surface area contributed by atoms with E-state index in [1.165, 1.54) is 18.3 Å². The van der Waals surface area contributed by atoms with E-state index in [0.29, 0.717) is 17.1 Å². The van der Waals surface area contributed by atoms with Crippen LogP contribution in [0.15, 0.2) is 24.7 Å². The van der Waals surface area contributed by atoms with Crippen LogP contribution in [-0.2, 0) is 0 Å². The van der Waals surface area contributed by atoms with Gasteiger partial charge in [-0.15, -0.1) is 0 Å². The number of rotatable bonds is 6. The number of nitrogens with one attached hydrogen (secondary N) is 3. The van der Waals surface area contributed by atoms with E-state index in [1.54, 1.807) is 0 Å². The van der Waals surface area contributed by atoms with Crippen LogP contribution in [0.2, 0.25) is 0 Å². The second-order valence-corrected chi connectivity index (χ2v) is 4.69. The molecule has 1 atom stereocenters. The molecule has 2 aromatic rings. The van der Waals surface area contributed by atoms with Gasteiger partial charge in [0, 0.05) is 35.8 Å². The predicted octanol–water partition coefficient (Wildman–Crippen LogP) is 1.53. The summed E-state index contributed by atoms with van der Waals surface area (Å²) in [6.45, 7) is -0.737. The highest BCUT2D eigenvalue weighted by Crippen LogP contribution is 2.21. The number of nitrogens with two attached hydrogens (primary N) is 1. The van der Waals surface area contributed by atoms with Gasteiger partial charge in [-0.25, -0.2) is 15.0 Å².